The van der Waals surface area contributed by atoms with Crippen LogP contribution in [0.1, 0.15) is 75.1 Å². The second-order valence-electron chi connectivity index (χ2n) is 12.7. The van der Waals surface area contributed by atoms with Crippen molar-refractivity contribution in [1.29, 1.82) is 0 Å². The van der Waals surface area contributed by atoms with Crippen LogP contribution in [0.2, 0.25) is 0 Å². The van der Waals surface area contributed by atoms with Crippen LogP contribution < -0.4 is 11.1 Å². The first-order valence-corrected chi connectivity index (χ1v) is 15.9. The lowest BCUT2D eigenvalue weighted by Gasteiger charge is -2.19. The molecule has 0 unspecified atom stereocenters. The normalized spacial score (nSPS) is 13.3. The molecular weight excluding hydrogens is 592 g/mol. The maximum atomic E-state index is 12.7. The van der Waals surface area contributed by atoms with Crippen molar-refractivity contribution in [2.45, 2.75) is 65.4 Å². The molecule has 47 heavy (non-hydrogen) atoms. The molecule has 244 valence electrons. The number of benzene rings is 2. The van der Waals surface area contributed by atoms with Crippen molar-refractivity contribution >= 4 is 17.9 Å². The summed E-state index contributed by atoms with van der Waals surface area (Å²) in [5.74, 6) is 0.0636. The van der Waals surface area contributed by atoms with Gasteiger partial charge in [0.15, 0.2) is 0 Å². The van der Waals surface area contributed by atoms with Gasteiger partial charge in [0.1, 0.15) is 5.60 Å². The van der Waals surface area contributed by atoms with Crippen LogP contribution in [0.5, 0.6) is 0 Å². The van der Waals surface area contributed by atoms with E-state index in [2.05, 4.69) is 15.3 Å². The lowest BCUT2D eigenvalue weighted by molar-refractivity contribution is 0.0528. The van der Waals surface area contributed by atoms with Crippen LogP contribution in [-0.2, 0) is 43.8 Å². The van der Waals surface area contributed by atoms with Gasteiger partial charge in [-0.3, -0.25) is 19.6 Å². The minimum absolute atomic E-state index is 0.00595. The highest BCUT2D eigenvalue weighted by atomic mass is 16.6. The van der Waals surface area contributed by atoms with E-state index in [-0.39, 0.29) is 11.8 Å². The van der Waals surface area contributed by atoms with Gasteiger partial charge in [-0.2, -0.15) is 0 Å². The van der Waals surface area contributed by atoms with Crippen LogP contribution in [0, 0.1) is 0 Å². The molecule has 0 saturated heterocycles. The Morgan fingerprint density at radius 2 is 1.19 bits per heavy atom. The average molecular weight is 635 g/mol. The number of alkyl carbamates (subject to hydrolysis) is 1. The summed E-state index contributed by atoms with van der Waals surface area (Å²) in [6, 6.07) is 23.1. The Kier molecular flexibility index (Phi) is 10.6. The highest BCUT2D eigenvalue weighted by Crippen LogP contribution is 2.23. The molecule has 0 bridgehead atoms. The first-order valence-electron chi connectivity index (χ1n) is 15.9. The summed E-state index contributed by atoms with van der Waals surface area (Å²) in [4.78, 5) is 49.1. The Hall–Kier alpha value is -5.09. The Labute approximate surface area is 276 Å². The van der Waals surface area contributed by atoms with Gasteiger partial charge in [-0.15, -0.1) is 0 Å². The third-order valence-corrected chi connectivity index (χ3v) is 7.86. The number of fused-ring (bicyclic) bond motifs is 2. The van der Waals surface area contributed by atoms with Crippen LogP contribution in [0.15, 0.2) is 85.2 Å². The molecule has 3 amide bonds. The zero-order valence-electron chi connectivity index (χ0n) is 27.2. The number of nitrogens with one attached hydrogen (secondary N) is 1. The van der Waals surface area contributed by atoms with E-state index in [1.54, 1.807) is 17.3 Å². The van der Waals surface area contributed by atoms with E-state index in [1.807, 2.05) is 98.5 Å². The number of rotatable bonds is 7. The monoisotopic (exact) mass is 634 g/mol. The Bertz CT molecular complexity index is 1650. The Balaban J connectivity index is 0.000000193. The molecule has 2 aromatic carbocycles. The summed E-state index contributed by atoms with van der Waals surface area (Å²) in [6.45, 7) is 8.99. The molecule has 0 fully saturated rings. The molecule has 4 aromatic rings. The Morgan fingerprint density at radius 3 is 1.62 bits per heavy atom. The van der Waals surface area contributed by atoms with Gasteiger partial charge in [0.05, 0.1) is 24.5 Å². The number of pyridine rings is 2. The van der Waals surface area contributed by atoms with E-state index >= 15 is 0 Å². The second kappa shape index (κ2) is 15.0. The summed E-state index contributed by atoms with van der Waals surface area (Å²) < 4.78 is 5.20. The van der Waals surface area contributed by atoms with E-state index in [9.17, 15) is 14.4 Å². The zero-order chi connectivity index (χ0) is 33.4. The maximum absolute atomic E-state index is 12.7. The van der Waals surface area contributed by atoms with Crippen LogP contribution in [0.3, 0.4) is 0 Å². The van der Waals surface area contributed by atoms with Gasteiger partial charge in [-0.25, -0.2) is 4.79 Å². The number of carbonyl (C=O) groups is 3. The number of nitrogens with zero attached hydrogens (tertiary/aromatic N) is 4. The topological polar surface area (TPSA) is 131 Å². The summed E-state index contributed by atoms with van der Waals surface area (Å²) in [7, 11) is 0. The van der Waals surface area contributed by atoms with E-state index in [1.165, 1.54) is 0 Å². The fraction of sp³-hybridized carbons (Fsp3) is 0.324. The molecule has 2 aromatic heterocycles. The number of hydrogen-bond acceptors (Lipinski definition) is 7. The van der Waals surface area contributed by atoms with Crippen LogP contribution in [-0.4, -0.2) is 56.4 Å². The predicted octanol–water partition coefficient (Wildman–Crippen LogP) is 5.04. The van der Waals surface area contributed by atoms with Gasteiger partial charge in [-0.05, 0) is 98.8 Å². The fourth-order valence-corrected chi connectivity index (χ4v) is 5.47. The smallest absolute Gasteiger partial charge is 0.407 e. The average Bonchev–Trinajstić information content (AvgIpc) is 3.69. The van der Waals surface area contributed by atoms with Crippen molar-refractivity contribution < 1.29 is 19.1 Å². The lowest BCUT2D eigenvalue weighted by atomic mass is 10.1. The van der Waals surface area contributed by atoms with E-state index in [4.69, 9.17) is 10.5 Å². The molecule has 2 aliphatic heterocycles. The van der Waals surface area contributed by atoms with Crippen molar-refractivity contribution in [3.8, 4) is 0 Å². The Morgan fingerprint density at radius 1 is 0.723 bits per heavy atom. The molecular formula is C37H42N6O4. The second-order valence-corrected chi connectivity index (χ2v) is 12.7. The van der Waals surface area contributed by atoms with Crippen molar-refractivity contribution in [3.05, 3.63) is 130 Å². The largest absolute Gasteiger partial charge is 0.444 e. The first-order chi connectivity index (χ1) is 22.6. The van der Waals surface area contributed by atoms with Crippen LogP contribution >= 0.6 is 0 Å². The number of aromatic nitrogens is 2. The number of ether oxygens (including phenoxy) is 1. The highest BCUT2D eigenvalue weighted by molar-refractivity contribution is 5.95. The number of nitrogens with two attached hydrogens (primary N) is 1. The van der Waals surface area contributed by atoms with Gasteiger partial charge < -0.3 is 25.6 Å². The minimum atomic E-state index is -0.503. The van der Waals surface area contributed by atoms with Crippen molar-refractivity contribution in [3.63, 3.8) is 0 Å². The molecule has 6 rings (SSSR count). The summed E-state index contributed by atoms with van der Waals surface area (Å²) in [6.07, 6.45) is 4.62. The molecule has 4 heterocycles. The third kappa shape index (κ3) is 9.01. The molecule has 0 radical (unpaired) electrons. The minimum Gasteiger partial charge on any atom is -0.444 e. The van der Waals surface area contributed by atoms with Gasteiger partial charge in [0.2, 0.25) is 0 Å². The van der Waals surface area contributed by atoms with Gasteiger partial charge in [0, 0.05) is 43.2 Å². The zero-order valence-corrected chi connectivity index (χ0v) is 27.2. The summed E-state index contributed by atoms with van der Waals surface area (Å²) >= 11 is 0. The van der Waals surface area contributed by atoms with Crippen LogP contribution in [0.4, 0.5) is 4.79 Å². The quantitative estimate of drug-likeness (QED) is 0.291. The molecule has 0 atom stereocenters. The van der Waals surface area contributed by atoms with Gasteiger partial charge in [-0.1, -0.05) is 36.4 Å². The van der Waals surface area contributed by atoms with Crippen molar-refractivity contribution in [2.24, 2.45) is 5.73 Å². The molecule has 0 saturated carbocycles. The highest BCUT2D eigenvalue weighted by Gasteiger charge is 2.26. The lowest BCUT2D eigenvalue weighted by Crippen LogP contribution is -2.33. The van der Waals surface area contributed by atoms with Gasteiger partial charge in [0.25, 0.3) is 11.8 Å². The van der Waals surface area contributed by atoms with Crippen molar-refractivity contribution in [2.75, 3.05) is 13.1 Å². The van der Waals surface area contributed by atoms with E-state index in [0.29, 0.717) is 51.3 Å². The summed E-state index contributed by atoms with van der Waals surface area (Å²) in [5.41, 5.74) is 12.8. The first kappa shape index (κ1) is 33.3. The summed E-state index contributed by atoms with van der Waals surface area (Å²) in [5, 5.41) is 2.74. The molecule has 0 spiro atoms. The van der Waals surface area contributed by atoms with Crippen molar-refractivity contribution in [1.82, 2.24) is 25.1 Å². The SMILES string of the molecule is CC(C)(C)OC(=O)NCCc1ccc(C(=O)N2Cc3cccnc3C2)cc1.NCCc1ccc(C(=O)N2Cc3cccnc3C2)cc1. The number of hydrogen-bond donors (Lipinski definition) is 2. The maximum Gasteiger partial charge on any atom is 0.407 e. The van der Waals surface area contributed by atoms with Gasteiger partial charge >= 0.3 is 6.09 Å². The van der Waals surface area contributed by atoms with E-state index < -0.39 is 11.7 Å². The number of carbonyl (C=O) groups excluding carboxylic acids is 3. The number of amides is 3. The van der Waals surface area contributed by atoms with E-state index in [0.717, 1.165) is 45.6 Å². The molecule has 0 aliphatic carbocycles. The predicted molar refractivity (Wildman–Crippen MR) is 179 cm³/mol. The standard InChI is InChI=1S/C21H25N3O3.C16H17N3O/c1-21(2,3)27-20(26)23-12-10-15-6-8-16(9-7-15)19(25)24-13-17-5-4-11-22-18(17)14-24;17-8-7-12-3-5-13(6-4-12)16(20)19-10-14-2-1-9-18-15(14)11-19/h4-9,11H,10,12-14H2,1-3H3,(H,23,26);1-6,9H,7-8,10-11,17H2. The molecule has 10 nitrogen and oxygen atoms in total. The molecule has 10 heteroatoms. The molecule has 3 N–H and O–H groups in total. The molecule has 2 aliphatic rings. The fourth-order valence-electron chi connectivity index (χ4n) is 5.47. The third-order valence-electron chi connectivity index (χ3n) is 7.86. The van der Waals surface area contributed by atoms with Crippen LogP contribution in [0.25, 0.3) is 0 Å².